The van der Waals surface area contributed by atoms with E-state index >= 15 is 0 Å². The third-order valence-corrected chi connectivity index (χ3v) is 7.04. The van der Waals surface area contributed by atoms with Gasteiger partial charge in [0.2, 0.25) is 0 Å². The summed E-state index contributed by atoms with van der Waals surface area (Å²) < 4.78 is 12.3. The highest BCUT2D eigenvalue weighted by molar-refractivity contribution is 5.59. The molecule has 5 atom stereocenters. The number of aryl methyl sites for hydroxylation is 1. The first-order chi connectivity index (χ1) is 12.5. The van der Waals surface area contributed by atoms with Gasteiger partial charge in [0.05, 0.1) is 6.10 Å². The molecular weight excluding hydrogens is 326 g/mol. The Balaban J connectivity index is 0.000000948. The van der Waals surface area contributed by atoms with Crippen molar-refractivity contribution in [3.8, 4) is 24.3 Å². The van der Waals surface area contributed by atoms with E-state index in [2.05, 4.69) is 44.7 Å². The van der Waals surface area contributed by atoms with Gasteiger partial charge >= 0.3 is 0 Å². The zero-order chi connectivity index (χ0) is 19.1. The number of phenols is 1. The van der Waals surface area contributed by atoms with Gasteiger partial charge in [-0.15, -0.1) is 12.8 Å². The van der Waals surface area contributed by atoms with Crippen LogP contribution in [0.4, 0.5) is 0 Å². The predicted octanol–water partition coefficient (Wildman–Crippen LogP) is 3.35. The molecule has 142 valence electrons. The van der Waals surface area contributed by atoms with Crippen LogP contribution in [0.15, 0.2) is 12.1 Å². The number of fused-ring (bicyclic) bond motifs is 1. The monoisotopic (exact) mass is 357 g/mol. The summed E-state index contributed by atoms with van der Waals surface area (Å²) in [5, 5.41) is 10.5. The molecule has 4 nitrogen and oxygen atoms in total. The molecule has 2 fully saturated rings. The van der Waals surface area contributed by atoms with Crippen LogP contribution in [0.1, 0.15) is 44.2 Å². The van der Waals surface area contributed by atoms with E-state index in [9.17, 15) is 5.11 Å². The summed E-state index contributed by atoms with van der Waals surface area (Å²) in [5.41, 5.74) is 2.58. The Morgan fingerprint density at radius 1 is 1.35 bits per heavy atom. The second kappa shape index (κ2) is 7.13. The number of terminal acetylenes is 1. The largest absolute Gasteiger partial charge is 0.504 e. The highest BCUT2D eigenvalue weighted by Gasteiger charge is 2.62. The molecule has 4 unspecified atom stereocenters. The molecule has 0 aromatic heterocycles. The van der Waals surface area contributed by atoms with Crippen LogP contribution in [0.25, 0.3) is 0 Å². The summed E-state index contributed by atoms with van der Waals surface area (Å²) in [4.78, 5) is 2.48. The summed E-state index contributed by atoms with van der Waals surface area (Å²) in [6.45, 7) is 5.61. The molecule has 0 bridgehead atoms. The molecule has 1 saturated carbocycles. The lowest BCUT2D eigenvalue weighted by Crippen LogP contribution is -2.63. The molecule has 4 rings (SSSR count). The molecule has 3 aliphatic rings. The zero-order valence-electron chi connectivity index (χ0n) is 16.4. The minimum atomic E-state index is -0.0235. The molecule has 2 heterocycles. The number of benzene rings is 1. The van der Waals surface area contributed by atoms with Crippen molar-refractivity contribution in [1.82, 2.24) is 4.90 Å². The second-order valence-electron chi connectivity index (χ2n) is 7.81. The Kier molecular flexibility index (Phi) is 5.23. The van der Waals surface area contributed by atoms with Gasteiger partial charge in [-0.2, -0.15) is 0 Å². The van der Waals surface area contributed by atoms with Crippen molar-refractivity contribution >= 4 is 0 Å². The topological polar surface area (TPSA) is 41.9 Å². The summed E-state index contributed by atoms with van der Waals surface area (Å²) >= 11 is 0. The van der Waals surface area contributed by atoms with Crippen molar-refractivity contribution in [2.75, 3.05) is 20.7 Å². The number of piperidine rings is 1. The van der Waals surface area contributed by atoms with Crippen molar-refractivity contribution in [3.05, 3.63) is 23.3 Å². The van der Waals surface area contributed by atoms with E-state index in [1.165, 1.54) is 11.1 Å². The maximum absolute atomic E-state index is 10.5. The number of phenolic OH excluding ortho intramolecular Hbond substituents is 1. The van der Waals surface area contributed by atoms with E-state index in [0.29, 0.717) is 12.0 Å². The van der Waals surface area contributed by atoms with Gasteiger partial charge in [-0.1, -0.05) is 13.0 Å². The number of likely N-dealkylation sites (tertiary alicyclic amines) is 1. The van der Waals surface area contributed by atoms with E-state index in [0.717, 1.165) is 38.0 Å². The highest BCUT2D eigenvalue weighted by Crippen LogP contribution is 2.61. The molecule has 1 aromatic carbocycles. The molecule has 0 radical (unpaired) electrons. The number of rotatable bonds is 2. The molecule has 2 aliphatic heterocycles. The zero-order valence-corrected chi connectivity index (χ0v) is 16.4. The first-order valence-corrected chi connectivity index (χ1v) is 9.63. The average molecular weight is 357 g/mol. The van der Waals surface area contributed by atoms with Crippen LogP contribution in [-0.4, -0.2) is 49.0 Å². The molecular formula is C22H31NO3. The number of hydrogen-bond donors (Lipinski definition) is 1. The maximum Gasteiger partial charge on any atom is 0.165 e. The van der Waals surface area contributed by atoms with Gasteiger partial charge in [0, 0.05) is 24.1 Å². The van der Waals surface area contributed by atoms with E-state index < -0.39 is 0 Å². The summed E-state index contributed by atoms with van der Waals surface area (Å²) in [7, 11) is 4.03. The molecule has 0 amide bonds. The number of nitrogens with zero attached hydrogens (tertiary/aromatic N) is 1. The molecule has 1 spiro atoms. The quantitative estimate of drug-likeness (QED) is 0.824. The minimum absolute atomic E-state index is 0.0194. The summed E-state index contributed by atoms with van der Waals surface area (Å²) in [6.07, 6.45) is 12.4. The Morgan fingerprint density at radius 3 is 2.73 bits per heavy atom. The van der Waals surface area contributed by atoms with Crippen molar-refractivity contribution in [2.24, 2.45) is 5.92 Å². The van der Waals surface area contributed by atoms with Crippen LogP contribution in [0, 0.1) is 18.8 Å². The van der Waals surface area contributed by atoms with Crippen molar-refractivity contribution in [2.45, 2.75) is 63.2 Å². The third kappa shape index (κ3) is 2.45. The van der Waals surface area contributed by atoms with E-state index in [4.69, 9.17) is 9.47 Å². The van der Waals surface area contributed by atoms with Gasteiger partial charge in [-0.3, -0.25) is 0 Å². The molecule has 26 heavy (non-hydrogen) atoms. The smallest absolute Gasteiger partial charge is 0.165 e. The lowest BCUT2D eigenvalue weighted by molar-refractivity contribution is -0.105. The predicted molar refractivity (Wildman–Crippen MR) is 104 cm³/mol. The lowest BCUT2D eigenvalue weighted by Gasteiger charge is -2.55. The molecule has 4 heteroatoms. The Hall–Kier alpha value is -1.70. The second-order valence-corrected chi connectivity index (χ2v) is 7.81. The number of hydrogen-bond acceptors (Lipinski definition) is 4. The van der Waals surface area contributed by atoms with Crippen LogP contribution in [0.5, 0.6) is 11.5 Å². The maximum atomic E-state index is 10.5. The van der Waals surface area contributed by atoms with Crippen molar-refractivity contribution in [3.63, 3.8) is 0 Å². The van der Waals surface area contributed by atoms with Gasteiger partial charge in [0.15, 0.2) is 11.5 Å². The fourth-order valence-corrected chi connectivity index (χ4v) is 5.71. The number of ether oxygens (including phenoxy) is 2. The Morgan fingerprint density at radius 2 is 2.08 bits per heavy atom. The fraction of sp³-hybridized carbons (Fsp3) is 0.636. The summed E-state index contributed by atoms with van der Waals surface area (Å²) in [5.74, 6) is 1.55. The molecule has 1 aromatic rings. The first kappa shape index (κ1) is 19.1. The van der Waals surface area contributed by atoms with Crippen LogP contribution in [0.3, 0.4) is 0 Å². The standard InChI is InChI=1S/C20H29NO3.C2H2/c1-5-13-6-8-15(22)18-17(13)20-10-11-21(3)12(2)14(20)7-9-16(23-4)19(20)24-18;1-2/h6,8,12,14,16,19,22H,5,7,9-11H2,1-4H3;1-2H/t12?,14?,16?,19-,20?;/m0./s1. The third-order valence-electron chi connectivity index (χ3n) is 7.04. The van der Waals surface area contributed by atoms with E-state index in [1.807, 2.05) is 0 Å². The normalized spacial score (nSPS) is 35.3. The first-order valence-electron chi connectivity index (χ1n) is 9.63. The van der Waals surface area contributed by atoms with Gasteiger partial charge in [-0.25, -0.2) is 0 Å². The van der Waals surface area contributed by atoms with Crippen LogP contribution >= 0.6 is 0 Å². The van der Waals surface area contributed by atoms with Gasteiger partial charge < -0.3 is 19.5 Å². The van der Waals surface area contributed by atoms with Crippen LogP contribution < -0.4 is 4.74 Å². The van der Waals surface area contributed by atoms with Gasteiger partial charge in [0.1, 0.15) is 6.10 Å². The lowest BCUT2D eigenvalue weighted by atomic mass is 9.55. The van der Waals surface area contributed by atoms with Crippen molar-refractivity contribution in [1.29, 1.82) is 0 Å². The molecule has 1 saturated heterocycles. The molecule has 1 N–H and O–H groups in total. The Bertz CT molecular complexity index is 685. The van der Waals surface area contributed by atoms with E-state index in [1.54, 1.807) is 13.2 Å². The van der Waals surface area contributed by atoms with Crippen LogP contribution in [-0.2, 0) is 16.6 Å². The van der Waals surface area contributed by atoms with Gasteiger partial charge in [-0.05, 0) is 63.7 Å². The van der Waals surface area contributed by atoms with E-state index in [-0.39, 0.29) is 23.4 Å². The highest BCUT2D eigenvalue weighted by atomic mass is 16.5. The SMILES string of the molecule is C#C.CCc1ccc(O)c2c1C13CCN(C)C(C)C1CCC(OC)[C@@H]3O2. The Labute approximate surface area is 157 Å². The van der Waals surface area contributed by atoms with Gasteiger partial charge in [0.25, 0.3) is 0 Å². The van der Waals surface area contributed by atoms with Crippen LogP contribution in [0.2, 0.25) is 0 Å². The average Bonchev–Trinajstić information content (AvgIpc) is 3.03. The van der Waals surface area contributed by atoms with Crippen molar-refractivity contribution < 1.29 is 14.6 Å². The number of aromatic hydroxyl groups is 1. The number of methoxy groups -OCH3 is 1. The fourth-order valence-electron chi connectivity index (χ4n) is 5.71. The minimum Gasteiger partial charge on any atom is -0.504 e. The summed E-state index contributed by atoms with van der Waals surface area (Å²) in [6, 6.07) is 4.40. The molecule has 1 aliphatic carbocycles.